The molecule has 0 saturated carbocycles. The van der Waals surface area contributed by atoms with E-state index in [0.29, 0.717) is 23.9 Å². The normalized spacial score (nSPS) is 13.5. The molecule has 0 spiro atoms. The van der Waals surface area contributed by atoms with E-state index in [2.05, 4.69) is 10.3 Å². The van der Waals surface area contributed by atoms with Crippen molar-refractivity contribution in [2.75, 3.05) is 51.5 Å². The number of carbonyl (C=O) groups is 1. The summed E-state index contributed by atoms with van der Waals surface area (Å²) in [5.74, 6) is 0.343. The third kappa shape index (κ3) is 5.34. The molecule has 1 aromatic heterocycles. The molecule has 35 heavy (non-hydrogen) atoms. The second kappa shape index (κ2) is 10.1. The van der Waals surface area contributed by atoms with Gasteiger partial charge < -0.3 is 15.1 Å². The molecule has 10 heteroatoms. The van der Waals surface area contributed by atoms with Crippen LogP contribution in [-0.4, -0.2) is 74.8 Å². The molecule has 9 nitrogen and oxygen atoms in total. The monoisotopic (exact) mass is 494 g/mol. The molecular formula is C25H30N6O3S. The van der Waals surface area contributed by atoms with E-state index in [1.807, 2.05) is 43.3 Å². The summed E-state index contributed by atoms with van der Waals surface area (Å²) in [6, 6.07) is 14.2. The Kier molecular flexibility index (Phi) is 7.15. The summed E-state index contributed by atoms with van der Waals surface area (Å²) in [7, 11) is 3.72. The lowest BCUT2D eigenvalue weighted by Crippen LogP contribution is -2.29. The highest BCUT2D eigenvalue weighted by atomic mass is 32.2. The first-order valence-electron chi connectivity index (χ1n) is 11.4. The number of benzene rings is 2. The van der Waals surface area contributed by atoms with Crippen LogP contribution in [-0.2, 0) is 21.2 Å². The van der Waals surface area contributed by atoms with Crippen molar-refractivity contribution in [3.8, 4) is 11.3 Å². The second-order valence-electron chi connectivity index (χ2n) is 8.85. The minimum absolute atomic E-state index is 0.0241. The molecule has 0 aliphatic carbocycles. The zero-order chi connectivity index (χ0) is 25.2. The number of fused-ring (bicyclic) bond motifs is 3. The number of hydrogen-bond acceptors (Lipinski definition) is 7. The molecule has 2 heterocycles. The highest BCUT2D eigenvalue weighted by Gasteiger charge is 2.25. The fourth-order valence-corrected chi connectivity index (χ4v) is 5.17. The molecule has 0 fully saturated rings. The fourth-order valence-electron chi connectivity index (χ4n) is 3.96. The first-order chi connectivity index (χ1) is 16.7. The maximum atomic E-state index is 12.9. The largest absolute Gasteiger partial charge is 0.324 e. The Morgan fingerprint density at radius 1 is 1.03 bits per heavy atom. The van der Waals surface area contributed by atoms with E-state index in [0.717, 1.165) is 29.8 Å². The Hall–Kier alpha value is -3.34. The van der Waals surface area contributed by atoms with Crippen molar-refractivity contribution in [1.82, 2.24) is 19.2 Å². The number of para-hydroxylation sites is 1. The molecule has 1 N–H and O–H groups in total. The van der Waals surface area contributed by atoms with Crippen molar-refractivity contribution in [3.63, 3.8) is 0 Å². The number of anilines is 3. The summed E-state index contributed by atoms with van der Waals surface area (Å²) in [6.45, 7) is 1.26. The minimum atomic E-state index is -3.57. The van der Waals surface area contributed by atoms with Gasteiger partial charge in [0.2, 0.25) is 21.9 Å². The Morgan fingerprint density at radius 3 is 2.46 bits per heavy atom. The van der Waals surface area contributed by atoms with Gasteiger partial charge in [0.05, 0.1) is 22.7 Å². The molecule has 1 amide bonds. The molecule has 4 rings (SSSR count). The van der Waals surface area contributed by atoms with Gasteiger partial charge in [0.1, 0.15) is 0 Å². The Morgan fingerprint density at radius 2 is 1.74 bits per heavy atom. The quantitative estimate of drug-likeness (QED) is 0.514. The topological polar surface area (TPSA) is 98.7 Å². The molecule has 2 aromatic carbocycles. The summed E-state index contributed by atoms with van der Waals surface area (Å²) in [5, 5.41) is 3.15. The summed E-state index contributed by atoms with van der Waals surface area (Å²) in [4.78, 5) is 25.5. The third-order valence-corrected chi connectivity index (χ3v) is 7.87. The zero-order valence-corrected chi connectivity index (χ0v) is 21.2. The van der Waals surface area contributed by atoms with Gasteiger partial charge in [-0.2, -0.15) is 0 Å². The molecule has 3 aromatic rings. The predicted molar refractivity (Wildman–Crippen MR) is 137 cm³/mol. The van der Waals surface area contributed by atoms with Gasteiger partial charge >= 0.3 is 0 Å². The van der Waals surface area contributed by atoms with E-state index in [1.165, 1.54) is 4.31 Å². The van der Waals surface area contributed by atoms with Crippen molar-refractivity contribution in [2.45, 2.75) is 17.7 Å². The molecule has 0 radical (unpaired) electrons. The molecular weight excluding hydrogens is 464 g/mol. The van der Waals surface area contributed by atoms with Gasteiger partial charge in [0.15, 0.2) is 0 Å². The van der Waals surface area contributed by atoms with Gasteiger partial charge in [-0.1, -0.05) is 18.2 Å². The summed E-state index contributed by atoms with van der Waals surface area (Å²) >= 11 is 0. The summed E-state index contributed by atoms with van der Waals surface area (Å²) in [5.41, 5.74) is 3.78. The number of nitrogens with one attached hydrogen (secondary N) is 1. The van der Waals surface area contributed by atoms with Crippen molar-refractivity contribution in [3.05, 3.63) is 60.3 Å². The number of rotatable bonds is 8. The zero-order valence-electron chi connectivity index (χ0n) is 20.4. The van der Waals surface area contributed by atoms with Gasteiger partial charge in [0, 0.05) is 43.7 Å². The maximum Gasteiger partial charge on any atom is 0.242 e. The van der Waals surface area contributed by atoms with Crippen LogP contribution in [0.3, 0.4) is 0 Å². The Balaban J connectivity index is 1.54. The predicted octanol–water partition coefficient (Wildman–Crippen LogP) is 2.98. The van der Waals surface area contributed by atoms with Crippen molar-refractivity contribution < 1.29 is 13.2 Å². The van der Waals surface area contributed by atoms with E-state index >= 15 is 0 Å². The number of aromatic nitrogens is 2. The number of nitrogens with zero attached hydrogens (tertiary/aromatic N) is 5. The van der Waals surface area contributed by atoms with Crippen molar-refractivity contribution in [1.29, 1.82) is 0 Å². The first kappa shape index (κ1) is 24.8. The summed E-state index contributed by atoms with van der Waals surface area (Å²) < 4.78 is 27.1. The number of likely N-dealkylation sites (N-methyl/N-ethyl adjacent to an activating group) is 1. The lowest BCUT2D eigenvalue weighted by Gasteiger charge is -2.18. The Labute approximate surface area is 206 Å². The highest BCUT2D eigenvalue weighted by molar-refractivity contribution is 7.89. The van der Waals surface area contributed by atoms with Crippen LogP contribution in [0, 0.1) is 0 Å². The van der Waals surface area contributed by atoms with Gasteiger partial charge in [-0.15, -0.1) is 0 Å². The van der Waals surface area contributed by atoms with Gasteiger partial charge in [-0.05, 0) is 57.4 Å². The molecule has 0 unspecified atom stereocenters. The van der Waals surface area contributed by atoms with E-state index in [1.54, 1.807) is 49.5 Å². The minimum Gasteiger partial charge on any atom is -0.324 e. The van der Waals surface area contributed by atoms with Crippen LogP contribution in [0.15, 0.2) is 59.6 Å². The van der Waals surface area contributed by atoms with Crippen LogP contribution in [0.5, 0.6) is 0 Å². The molecule has 0 saturated heterocycles. The number of amides is 1. The molecule has 184 valence electrons. The lowest BCUT2D eigenvalue weighted by atomic mass is 10.1. The maximum absolute atomic E-state index is 12.9. The van der Waals surface area contributed by atoms with Gasteiger partial charge in [-0.3, -0.25) is 4.79 Å². The van der Waals surface area contributed by atoms with E-state index in [-0.39, 0.29) is 17.2 Å². The van der Waals surface area contributed by atoms with Gasteiger partial charge in [0.25, 0.3) is 0 Å². The lowest BCUT2D eigenvalue weighted by molar-refractivity contribution is -0.117. The van der Waals surface area contributed by atoms with Crippen molar-refractivity contribution in [2.24, 2.45) is 0 Å². The second-order valence-corrected chi connectivity index (χ2v) is 10.9. The number of sulfonamides is 1. The number of hydrogen-bond donors (Lipinski definition) is 1. The van der Waals surface area contributed by atoms with Crippen LogP contribution in [0.2, 0.25) is 0 Å². The van der Waals surface area contributed by atoms with Gasteiger partial charge in [-0.25, -0.2) is 22.7 Å². The highest BCUT2D eigenvalue weighted by Crippen LogP contribution is 2.35. The average Bonchev–Trinajstić information content (AvgIpc) is 2.94. The smallest absolute Gasteiger partial charge is 0.242 e. The van der Waals surface area contributed by atoms with E-state index in [9.17, 15) is 13.2 Å². The SMILES string of the molecule is CN(C)CCCN(C)S(=O)(=O)c1ccc(Nc2ncc3c(n2)-c2ccccc2N(C)C(=O)C3)cc1. The van der Waals surface area contributed by atoms with Crippen LogP contribution < -0.4 is 10.2 Å². The van der Waals surface area contributed by atoms with Crippen LogP contribution in [0.25, 0.3) is 11.3 Å². The standard InChI is InChI=1S/C25H30N6O3S/c1-29(2)14-7-15-30(3)35(33,34)20-12-10-19(11-13-20)27-25-26-17-18-16-23(32)31(4)22-9-6-5-8-21(22)24(18)28-25/h5-6,8-13,17H,7,14-16H2,1-4H3,(H,26,27,28). The van der Waals surface area contributed by atoms with Crippen molar-refractivity contribution >= 4 is 33.3 Å². The molecule has 1 aliphatic heterocycles. The molecule has 0 bridgehead atoms. The Bertz CT molecular complexity index is 1330. The first-order valence-corrected chi connectivity index (χ1v) is 12.8. The third-order valence-electron chi connectivity index (χ3n) is 6.00. The number of carbonyl (C=O) groups excluding carboxylic acids is 1. The molecule has 0 atom stereocenters. The van der Waals surface area contributed by atoms with Crippen LogP contribution in [0.1, 0.15) is 12.0 Å². The average molecular weight is 495 g/mol. The molecule has 1 aliphatic rings. The van der Waals surface area contributed by atoms with Crippen LogP contribution in [0.4, 0.5) is 17.3 Å². The van der Waals surface area contributed by atoms with E-state index < -0.39 is 10.0 Å². The summed E-state index contributed by atoms with van der Waals surface area (Å²) in [6.07, 6.45) is 2.64. The van der Waals surface area contributed by atoms with E-state index in [4.69, 9.17) is 4.98 Å². The fraction of sp³-hybridized carbons (Fsp3) is 0.320. The van der Waals surface area contributed by atoms with Crippen LogP contribution >= 0.6 is 0 Å².